The molecule has 1 amide bonds. The fourth-order valence-corrected chi connectivity index (χ4v) is 4.19. The van der Waals surface area contributed by atoms with Gasteiger partial charge >= 0.3 is 0 Å². The van der Waals surface area contributed by atoms with E-state index in [1.54, 1.807) is 79.9 Å². The predicted molar refractivity (Wildman–Crippen MR) is 138 cm³/mol. The fraction of sp³-hybridized carbons (Fsp3) is 0.241. The molecule has 0 aliphatic carbocycles. The van der Waals surface area contributed by atoms with Gasteiger partial charge in [-0.1, -0.05) is 12.1 Å². The molecule has 0 radical (unpaired) electrons. The Morgan fingerprint density at radius 3 is 2.03 bits per heavy atom. The van der Waals surface area contributed by atoms with Gasteiger partial charge in [-0.3, -0.25) is 14.5 Å². The minimum atomic E-state index is -0.835. The summed E-state index contributed by atoms with van der Waals surface area (Å²) in [7, 11) is 1.55. The SMILES string of the molecule is CCOc1ccc(N2C(=O)C(=O)/C(=C(/O)c3ccc(OC)cc3)C2c2ccc(OC(C)C)cc2)cc1. The number of hydrogen-bond acceptors (Lipinski definition) is 6. The summed E-state index contributed by atoms with van der Waals surface area (Å²) in [5.41, 5.74) is 1.60. The summed E-state index contributed by atoms with van der Waals surface area (Å²) in [6.45, 7) is 6.27. The van der Waals surface area contributed by atoms with Crippen LogP contribution in [0, 0.1) is 0 Å². The number of carbonyl (C=O) groups is 2. The van der Waals surface area contributed by atoms with E-state index in [-0.39, 0.29) is 17.4 Å². The second-order valence-electron chi connectivity index (χ2n) is 8.56. The quantitative estimate of drug-likeness (QED) is 0.256. The van der Waals surface area contributed by atoms with Crippen LogP contribution in [0.15, 0.2) is 78.4 Å². The highest BCUT2D eigenvalue weighted by Gasteiger charge is 2.47. The van der Waals surface area contributed by atoms with Crippen molar-refractivity contribution >= 4 is 23.1 Å². The number of carbonyl (C=O) groups excluding carboxylic acids is 2. The van der Waals surface area contributed by atoms with Gasteiger partial charge in [0.2, 0.25) is 0 Å². The number of benzene rings is 3. The van der Waals surface area contributed by atoms with Crippen LogP contribution in [0.5, 0.6) is 17.2 Å². The van der Waals surface area contributed by atoms with Crippen molar-refractivity contribution in [2.75, 3.05) is 18.6 Å². The highest BCUT2D eigenvalue weighted by molar-refractivity contribution is 6.51. The van der Waals surface area contributed by atoms with Crippen LogP contribution in [0.1, 0.15) is 37.9 Å². The van der Waals surface area contributed by atoms with Gasteiger partial charge in [0.05, 0.1) is 31.4 Å². The van der Waals surface area contributed by atoms with Crippen molar-refractivity contribution in [3.63, 3.8) is 0 Å². The lowest BCUT2D eigenvalue weighted by atomic mass is 9.95. The Hall–Kier alpha value is -4.26. The van der Waals surface area contributed by atoms with E-state index in [1.165, 1.54) is 4.90 Å². The minimum absolute atomic E-state index is 0.000382. The number of anilines is 1. The molecule has 3 aromatic rings. The molecule has 1 fully saturated rings. The van der Waals surface area contributed by atoms with Gasteiger partial charge in [0.25, 0.3) is 11.7 Å². The van der Waals surface area contributed by atoms with Gasteiger partial charge in [0.1, 0.15) is 23.0 Å². The van der Waals surface area contributed by atoms with Gasteiger partial charge in [-0.05, 0) is 87.0 Å². The van der Waals surface area contributed by atoms with E-state index in [4.69, 9.17) is 14.2 Å². The van der Waals surface area contributed by atoms with Crippen LogP contribution in [0.3, 0.4) is 0 Å². The molecule has 0 spiro atoms. The third kappa shape index (κ3) is 4.91. The fourth-order valence-electron chi connectivity index (χ4n) is 4.19. The molecule has 4 rings (SSSR count). The van der Waals surface area contributed by atoms with E-state index >= 15 is 0 Å². The summed E-state index contributed by atoms with van der Waals surface area (Å²) in [6, 6.07) is 20.0. The molecule has 7 heteroatoms. The number of ether oxygens (including phenoxy) is 3. The number of methoxy groups -OCH3 is 1. The first-order valence-electron chi connectivity index (χ1n) is 11.8. The molecule has 7 nitrogen and oxygen atoms in total. The molecule has 1 unspecified atom stereocenters. The number of ketones is 1. The van der Waals surface area contributed by atoms with Crippen molar-refractivity contribution < 1.29 is 28.9 Å². The van der Waals surface area contributed by atoms with E-state index in [0.717, 1.165) is 0 Å². The zero-order chi connectivity index (χ0) is 25.8. The standard InChI is InChI=1S/C29H29NO6/c1-5-35-23-16-10-21(11-17-23)30-26(19-6-14-24(15-7-19)36-18(2)3)25(28(32)29(30)33)27(31)20-8-12-22(34-4)13-9-20/h6-18,26,31H,5H2,1-4H3/b27-25+. The number of hydrogen-bond donors (Lipinski definition) is 1. The first kappa shape index (κ1) is 24.9. The van der Waals surface area contributed by atoms with Crippen LogP contribution in [0.4, 0.5) is 5.69 Å². The Morgan fingerprint density at radius 2 is 1.47 bits per heavy atom. The van der Waals surface area contributed by atoms with Crippen molar-refractivity contribution in [2.24, 2.45) is 0 Å². The zero-order valence-electron chi connectivity index (χ0n) is 20.7. The molecule has 3 aromatic carbocycles. The van der Waals surface area contributed by atoms with Gasteiger partial charge in [-0.25, -0.2) is 0 Å². The van der Waals surface area contributed by atoms with E-state index in [9.17, 15) is 14.7 Å². The normalized spacial score (nSPS) is 16.9. The molecule has 0 bridgehead atoms. The lowest BCUT2D eigenvalue weighted by Gasteiger charge is -2.26. The van der Waals surface area contributed by atoms with E-state index in [0.29, 0.717) is 40.7 Å². The molecule has 1 N–H and O–H groups in total. The summed E-state index contributed by atoms with van der Waals surface area (Å²) in [6.07, 6.45) is 0.000382. The molecule has 1 aliphatic rings. The number of Topliss-reactive ketones (excluding diaryl/α,β-unsaturated/α-hetero) is 1. The van der Waals surface area contributed by atoms with Gasteiger partial charge in [-0.15, -0.1) is 0 Å². The summed E-state index contributed by atoms with van der Waals surface area (Å²) in [5.74, 6) is 0.201. The minimum Gasteiger partial charge on any atom is -0.507 e. The Morgan fingerprint density at radius 1 is 0.889 bits per heavy atom. The van der Waals surface area contributed by atoms with Crippen LogP contribution < -0.4 is 19.1 Å². The van der Waals surface area contributed by atoms with Gasteiger partial charge in [0.15, 0.2) is 0 Å². The van der Waals surface area contributed by atoms with Gasteiger partial charge in [0, 0.05) is 11.3 Å². The molecule has 0 aromatic heterocycles. The van der Waals surface area contributed by atoms with Crippen molar-refractivity contribution in [1.29, 1.82) is 0 Å². The van der Waals surface area contributed by atoms with Crippen LogP contribution in [-0.2, 0) is 9.59 Å². The average Bonchev–Trinajstić information content (AvgIpc) is 3.14. The van der Waals surface area contributed by atoms with Crippen molar-refractivity contribution in [1.82, 2.24) is 0 Å². The summed E-state index contributed by atoms with van der Waals surface area (Å²) >= 11 is 0. The van der Waals surface area contributed by atoms with E-state index in [1.807, 2.05) is 20.8 Å². The summed E-state index contributed by atoms with van der Waals surface area (Å²) in [4.78, 5) is 28.0. The summed E-state index contributed by atoms with van der Waals surface area (Å²) in [5, 5.41) is 11.3. The van der Waals surface area contributed by atoms with Crippen LogP contribution in [0.25, 0.3) is 5.76 Å². The molecule has 1 atom stereocenters. The number of amides is 1. The highest BCUT2D eigenvalue weighted by Crippen LogP contribution is 2.43. The topological polar surface area (TPSA) is 85.3 Å². The highest BCUT2D eigenvalue weighted by atomic mass is 16.5. The predicted octanol–water partition coefficient (Wildman–Crippen LogP) is 5.51. The number of aliphatic hydroxyl groups is 1. The van der Waals surface area contributed by atoms with Crippen molar-refractivity contribution in [3.8, 4) is 17.2 Å². The second kappa shape index (κ2) is 10.6. The third-order valence-corrected chi connectivity index (χ3v) is 5.80. The van der Waals surface area contributed by atoms with Crippen molar-refractivity contribution in [2.45, 2.75) is 32.9 Å². The van der Waals surface area contributed by atoms with Crippen LogP contribution >= 0.6 is 0 Å². The Labute approximate surface area is 210 Å². The van der Waals surface area contributed by atoms with E-state index < -0.39 is 17.7 Å². The Bertz CT molecular complexity index is 1260. The molecular formula is C29H29NO6. The lowest BCUT2D eigenvalue weighted by molar-refractivity contribution is -0.132. The average molecular weight is 488 g/mol. The molecule has 36 heavy (non-hydrogen) atoms. The van der Waals surface area contributed by atoms with E-state index in [2.05, 4.69) is 0 Å². The Balaban J connectivity index is 1.84. The number of aliphatic hydroxyl groups excluding tert-OH is 1. The van der Waals surface area contributed by atoms with Gasteiger partial charge in [-0.2, -0.15) is 0 Å². The summed E-state index contributed by atoms with van der Waals surface area (Å²) < 4.78 is 16.5. The molecule has 0 saturated carbocycles. The molecule has 1 heterocycles. The molecule has 186 valence electrons. The molecular weight excluding hydrogens is 458 g/mol. The molecule has 1 saturated heterocycles. The maximum Gasteiger partial charge on any atom is 0.300 e. The first-order chi connectivity index (χ1) is 17.3. The van der Waals surface area contributed by atoms with Crippen LogP contribution in [0.2, 0.25) is 0 Å². The lowest BCUT2D eigenvalue weighted by Crippen LogP contribution is -2.29. The third-order valence-electron chi connectivity index (χ3n) is 5.80. The van der Waals surface area contributed by atoms with Crippen LogP contribution in [-0.4, -0.2) is 36.6 Å². The largest absolute Gasteiger partial charge is 0.507 e. The zero-order valence-corrected chi connectivity index (χ0v) is 20.7. The Kier molecular flexibility index (Phi) is 7.29. The smallest absolute Gasteiger partial charge is 0.300 e. The van der Waals surface area contributed by atoms with Crippen molar-refractivity contribution in [3.05, 3.63) is 89.5 Å². The molecule has 1 aliphatic heterocycles. The number of nitrogens with zero attached hydrogens (tertiary/aromatic N) is 1. The first-order valence-corrected chi connectivity index (χ1v) is 11.8. The number of rotatable bonds is 8. The maximum absolute atomic E-state index is 13.3. The van der Waals surface area contributed by atoms with Gasteiger partial charge < -0.3 is 19.3 Å². The monoisotopic (exact) mass is 487 g/mol. The maximum atomic E-state index is 13.3. The second-order valence-corrected chi connectivity index (χ2v) is 8.56.